The third kappa shape index (κ3) is 3.71. The second-order valence-electron chi connectivity index (χ2n) is 8.74. The summed E-state index contributed by atoms with van der Waals surface area (Å²) < 4.78 is 5.72. The number of aromatic nitrogens is 1. The van der Waals surface area contributed by atoms with E-state index in [1.807, 2.05) is 61.5 Å². The maximum Gasteiger partial charge on any atom is 0.407 e. The van der Waals surface area contributed by atoms with Crippen LogP contribution in [0.25, 0.3) is 10.9 Å². The van der Waals surface area contributed by atoms with Crippen molar-refractivity contribution in [3.63, 3.8) is 0 Å². The monoisotopic (exact) mass is 446 g/mol. The topological polar surface area (TPSA) is 95.0 Å². The summed E-state index contributed by atoms with van der Waals surface area (Å²) in [5, 5.41) is 13.2. The lowest BCUT2D eigenvalue weighted by atomic mass is 9.89. The Bertz CT molecular complexity index is 1240. The van der Waals surface area contributed by atoms with Crippen molar-refractivity contribution in [2.24, 2.45) is 0 Å². The van der Waals surface area contributed by atoms with Gasteiger partial charge in [0.15, 0.2) is 0 Å². The highest BCUT2D eigenvalue weighted by atomic mass is 16.5. The van der Waals surface area contributed by atoms with E-state index in [4.69, 9.17) is 4.74 Å². The molecular weight excluding hydrogens is 420 g/mol. The highest BCUT2D eigenvalue weighted by molar-refractivity contribution is 6.08. The first-order valence-corrected chi connectivity index (χ1v) is 11.0. The van der Waals surface area contributed by atoms with Gasteiger partial charge in [-0.15, -0.1) is 0 Å². The van der Waals surface area contributed by atoms with E-state index in [1.165, 1.54) is 4.90 Å². The second kappa shape index (κ2) is 8.27. The number of anilines is 1. The smallest absolute Gasteiger partial charge is 0.407 e. The van der Waals surface area contributed by atoms with E-state index in [1.54, 1.807) is 6.20 Å². The molecule has 0 spiro atoms. The predicted octanol–water partition coefficient (Wildman–Crippen LogP) is 3.63. The van der Waals surface area contributed by atoms with Gasteiger partial charge in [0.1, 0.15) is 5.75 Å². The number of hydrogen-bond acceptors (Lipinski definition) is 5. The number of ether oxygens (including phenoxy) is 1. The average Bonchev–Trinajstić information content (AvgIpc) is 2.77. The van der Waals surface area contributed by atoms with Gasteiger partial charge in [-0.2, -0.15) is 0 Å². The Labute approximate surface area is 191 Å². The fraction of sp³-hybridized carbons (Fsp3) is 0.320. The molecule has 0 saturated carbocycles. The number of rotatable bonds is 4. The third-order valence-electron chi connectivity index (χ3n) is 6.45. The van der Waals surface area contributed by atoms with E-state index in [0.717, 1.165) is 33.5 Å². The van der Waals surface area contributed by atoms with Crippen molar-refractivity contribution in [3.05, 3.63) is 65.4 Å². The summed E-state index contributed by atoms with van der Waals surface area (Å²) in [6.07, 6.45) is 1.43. The van der Waals surface area contributed by atoms with Gasteiger partial charge in [0.05, 0.1) is 29.4 Å². The number of fused-ring (bicyclic) bond motifs is 2. The number of amides is 2. The van der Waals surface area contributed by atoms with Crippen molar-refractivity contribution >= 4 is 28.6 Å². The van der Waals surface area contributed by atoms with Gasteiger partial charge in [-0.05, 0) is 11.6 Å². The average molecular weight is 447 g/mol. The Hall–Kier alpha value is -3.81. The molecule has 1 atom stereocenters. The molecule has 1 fully saturated rings. The summed E-state index contributed by atoms with van der Waals surface area (Å²) in [7, 11) is 3.83. The van der Waals surface area contributed by atoms with Crippen LogP contribution in [-0.2, 0) is 0 Å². The van der Waals surface area contributed by atoms with Crippen LogP contribution in [0.5, 0.6) is 5.75 Å². The largest absolute Gasteiger partial charge is 0.493 e. The number of para-hydroxylation sites is 2. The van der Waals surface area contributed by atoms with Crippen LogP contribution in [0.2, 0.25) is 0 Å². The molecular formula is C25H26N4O4. The number of nitrogens with zero attached hydrogens (tertiary/aromatic N) is 3. The zero-order valence-corrected chi connectivity index (χ0v) is 18.6. The molecule has 2 amide bonds. The lowest BCUT2D eigenvalue weighted by Gasteiger charge is -2.37. The molecule has 2 aromatic carbocycles. The zero-order valence-electron chi connectivity index (χ0n) is 18.6. The predicted molar refractivity (Wildman–Crippen MR) is 125 cm³/mol. The molecule has 170 valence electrons. The SMILES string of the molecule is CN(C)c1c(C(=O)N[C@H]2CCOc3ccccc32)cnc2c(C3CN(C(=O)O)C3)cccc12. The molecule has 1 saturated heterocycles. The Kier molecular flexibility index (Phi) is 5.28. The van der Waals surface area contributed by atoms with Crippen LogP contribution < -0.4 is 15.0 Å². The van der Waals surface area contributed by atoms with Crippen LogP contribution in [0.15, 0.2) is 48.7 Å². The lowest BCUT2D eigenvalue weighted by molar-refractivity contribution is 0.0924. The van der Waals surface area contributed by atoms with Crippen LogP contribution in [-0.4, -0.2) is 60.8 Å². The first kappa shape index (κ1) is 21.1. The van der Waals surface area contributed by atoms with Crippen molar-refractivity contribution in [1.29, 1.82) is 0 Å². The van der Waals surface area contributed by atoms with E-state index >= 15 is 0 Å². The van der Waals surface area contributed by atoms with E-state index in [2.05, 4.69) is 10.3 Å². The molecule has 1 aromatic heterocycles. The van der Waals surface area contributed by atoms with Crippen LogP contribution in [0, 0.1) is 0 Å². The van der Waals surface area contributed by atoms with Crippen molar-refractivity contribution < 1.29 is 19.4 Å². The number of carboxylic acid groups (broad SMARTS) is 1. The minimum Gasteiger partial charge on any atom is -0.493 e. The maximum absolute atomic E-state index is 13.4. The highest BCUT2D eigenvalue weighted by Crippen LogP contribution is 2.37. The summed E-state index contributed by atoms with van der Waals surface area (Å²) in [5.41, 5.74) is 4.11. The molecule has 3 heterocycles. The number of hydrogen-bond donors (Lipinski definition) is 2. The van der Waals surface area contributed by atoms with Gasteiger partial charge in [-0.1, -0.05) is 36.4 Å². The summed E-state index contributed by atoms with van der Waals surface area (Å²) in [5.74, 6) is 0.727. The fourth-order valence-electron chi connectivity index (χ4n) is 4.77. The number of likely N-dealkylation sites (tertiary alicyclic amines) is 1. The van der Waals surface area contributed by atoms with Gasteiger partial charge in [-0.25, -0.2) is 4.79 Å². The summed E-state index contributed by atoms with van der Waals surface area (Å²) in [6.45, 7) is 1.47. The van der Waals surface area contributed by atoms with Crippen molar-refractivity contribution in [2.45, 2.75) is 18.4 Å². The first-order chi connectivity index (χ1) is 15.9. The van der Waals surface area contributed by atoms with Crippen LogP contribution in [0.4, 0.5) is 10.5 Å². The highest BCUT2D eigenvalue weighted by Gasteiger charge is 2.33. The quantitative estimate of drug-likeness (QED) is 0.636. The Morgan fingerprint density at radius 1 is 1.12 bits per heavy atom. The normalized spacial score (nSPS) is 17.6. The molecule has 0 bridgehead atoms. The van der Waals surface area contributed by atoms with E-state index in [9.17, 15) is 14.7 Å². The molecule has 8 heteroatoms. The van der Waals surface area contributed by atoms with Gasteiger partial charge in [0.25, 0.3) is 5.91 Å². The van der Waals surface area contributed by atoms with E-state index < -0.39 is 6.09 Å². The van der Waals surface area contributed by atoms with Gasteiger partial charge < -0.3 is 25.0 Å². The zero-order chi connectivity index (χ0) is 23.1. The van der Waals surface area contributed by atoms with Crippen molar-refractivity contribution in [3.8, 4) is 5.75 Å². The van der Waals surface area contributed by atoms with Gasteiger partial charge in [0, 0.05) is 56.7 Å². The Balaban J connectivity index is 1.48. The fourth-order valence-corrected chi connectivity index (χ4v) is 4.77. The van der Waals surface area contributed by atoms with Gasteiger partial charge >= 0.3 is 6.09 Å². The minimum atomic E-state index is -0.901. The third-order valence-corrected chi connectivity index (χ3v) is 6.45. The molecule has 5 rings (SSSR count). The summed E-state index contributed by atoms with van der Waals surface area (Å²) in [4.78, 5) is 32.6. The number of pyridine rings is 1. The summed E-state index contributed by atoms with van der Waals surface area (Å²) >= 11 is 0. The molecule has 2 aliphatic rings. The Morgan fingerprint density at radius 3 is 2.64 bits per heavy atom. The Morgan fingerprint density at radius 2 is 1.88 bits per heavy atom. The lowest BCUT2D eigenvalue weighted by Crippen LogP contribution is -2.47. The van der Waals surface area contributed by atoms with Gasteiger partial charge in [-0.3, -0.25) is 9.78 Å². The van der Waals surface area contributed by atoms with Gasteiger partial charge in [0.2, 0.25) is 0 Å². The number of nitrogens with one attached hydrogen (secondary N) is 1. The van der Waals surface area contributed by atoms with Crippen molar-refractivity contribution in [1.82, 2.24) is 15.2 Å². The number of carbonyl (C=O) groups is 2. The first-order valence-electron chi connectivity index (χ1n) is 11.0. The molecule has 2 aliphatic heterocycles. The number of benzene rings is 2. The molecule has 8 nitrogen and oxygen atoms in total. The minimum absolute atomic E-state index is 0.103. The van der Waals surface area contributed by atoms with Crippen molar-refractivity contribution in [2.75, 3.05) is 38.7 Å². The van der Waals surface area contributed by atoms with E-state index in [0.29, 0.717) is 31.7 Å². The molecule has 0 radical (unpaired) electrons. The van der Waals surface area contributed by atoms with Crippen LogP contribution >= 0.6 is 0 Å². The summed E-state index contributed by atoms with van der Waals surface area (Å²) in [6, 6.07) is 13.6. The molecule has 0 aliphatic carbocycles. The molecule has 0 unspecified atom stereocenters. The maximum atomic E-state index is 13.4. The molecule has 33 heavy (non-hydrogen) atoms. The molecule has 3 aromatic rings. The van der Waals surface area contributed by atoms with Crippen LogP contribution in [0.3, 0.4) is 0 Å². The second-order valence-corrected chi connectivity index (χ2v) is 8.74. The van der Waals surface area contributed by atoms with E-state index in [-0.39, 0.29) is 17.9 Å². The van der Waals surface area contributed by atoms with Crippen LogP contribution in [0.1, 0.15) is 39.9 Å². The standard InChI is InChI=1S/C25H26N4O4/c1-28(2)23-18-8-5-7-16(15-13-29(14-15)25(31)32)22(18)26-12-19(23)24(30)27-20-10-11-33-21-9-4-3-6-17(20)21/h3-9,12,15,20H,10-11,13-14H2,1-2H3,(H,27,30)(H,31,32)/t20-/m0/s1. The molecule has 2 N–H and O–H groups in total. The number of carbonyl (C=O) groups excluding carboxylic acids is 1.